The quantitative estimate of drug-likeness (QED) is 0.785. The molecule has 0 saturated carbocycles. The third kappa shape index (κ3) is 4.92. The third-order valence-electron chi connectivity index (χ3n) is 2.49. The van der Waals surface area contributed by atoms with Gasteiger partial charge in [0.25, 0.3) is 0 Å². The molecule has 6 nitrogen and oxygen atoms in total. The maximum absolute atomic E-state index is 13.2. The summed E-state index contributed by atoms with van der Waals surface area (Å²) >= 11 is 5.79. The van der Waals surface area contributed by atoms with Crippen molar-refractivity contribution < 1.29 is 20.0 Å². The molecule has 0 aliphatic carbocycles. The van der Waals surface area contributed by atoms with Gasteiger partial charge in [-0.3, -0.25) is 0 Å². The minimum atomic E-state index is -5.10. The van der Waals surface area contributed by atoms with Gasteiger partial charge in [0.05, 0.1) is 2.74 Å². The number of pyridine rings is 1. The molecular formula is C14H16ClF3N6. The molecule has 2 N–H and O–H groups in total. The van der Waals surface area contributed by atoms with E-state index >= 15 is 0 Å². The molecule has 24 heavy (non-hydrogen) atoms. The van der Waals surface area contributed by atoms with Crippen molar-refractivity contribution in [1.29, 1.82) is 0 Å². The van der Waals surface area contributed by atoms with E-state index in [0.717, 1.165) is 6.07 Å². The Kier molecular flexibility index (Phi) is 3.65. The number of nitrogens with one attached hydrogen (secondary N) is 2. The number of anilines is 2. The highest BCUT2D eigenvalue weighted by Crippen LogP contribution is 2.24. The summed E-state index contributed by atoms with van der Waals surface area (Å²) in [7, 11) is 0. The monoisotopic (exact) mass is 365 g/mol. The first-order valence-electron chi connectivity index (χ1n) is 9.18. The summed E-state index contributed by atoms with van der Waals surface area (Å²) in [5, 5.41) is 4.24. The molecule has 10 heteroatoms. The van der Waals surface area contributed by atoms with Gasteiger partial charge in [-0.15, -0.1) is 0 Å². The smallest absolute Gasteiger partial charge is 0.352 e. The van der Waals surface area contributed by atoms with E-state index in [-0.39, 0.29) is 40.7 Å². The van der Waals surface area contributed by atoms with Crippen LogP contribution in [0.3, 0.4) is 0 Å². The Morgan fingerprint density at radius 3 is 2.38 bits per heavy atom. The van der Waals surface area contributed by atoms with Crippen LogP contribution in [-0.4, -0.2) is 38.2 Å². The Bertz CT molecular complexity index is 856. The summed E-state index contributed by atoms with van der Waals surface area (Å²) in [6.45, 7) is 0.0340. The van der Waals surface area contributed by atoms with E-state index in [0.29, 0.717) is 0 Å². The lowest BCUT2D eigenvalue weighted by molar-refractivity contribution is -0.138. The number of alkyl halides is 3. The lowest BCUT2D eigenvalue weighted by atomic mass is 10.3. The van der Waals surface area contributed by atoms with Crippen LogP contribution in [0.15, 0.2) is 18.2 Å². The Morgan fingerprint density at radius 1 is 1.17 bits per heavy atom. The van der Waals surface area contributed by atoms with E-state index in [1.54, 1.807) is 19.2 Å². The molecule has 0 fully saturated rings. The largest absolute Gasteiger partial charge is 0.408 e. The summed E-state index contributed by atoms with van der Waals surface area (Å²) in [4.78, 5) is 15.5. The van der Waals surface area contributed by atoms with Gasteiger partial charge in [-0.25, -0.2) is 4.98 Å². The number of aromatic nitrogens is 4. The summed E-state index contributed by atoms with van der Waals surface area (Å²) < 4.78 is 76.3. The highest BCUT2D eigenvalue weighted by molar-refractivity contribution is 6.29. The van der Waals surface area contributed by atoms with Crippen molar-refractivity contribution in [3.8, 4) is 11.5 Å². The van der Waals surface area contributed by atoms with Crippen LogP contribution >= 0.6 is 11.6 Å². The number of hydrogen-bond acceptors (Lipinski definition) is 6. The van der Waals surface area contributed by atoms with Gasteiger partial charge in [-0.05, 0) is 32.8 Å². The van der Waals surface area contributed by atoms with Gasteiger partial charge in [0.1, 0.15) is 16.9 Å². The average Bonchev–Trinajstić information content (AvgIpc) is 2.54. The van der Waals surface area contributed by atoms with E-state index in [1.807, 2.05) is 0 Å². The third-order valence-corrected chi connectivity index (χ3v) is 2.66. The Labute approximate surface area is 148 Å². The van der Waals surface area contributed by atoms with Crippen LogP contribution in [0.4, 0.5) is 25.1 Å². The van der Waals surface area contributed by atoms with Crippen molar-refractivity contribution in [2.75, 3.05) is 10.6 Å². The summed E-state index contributed by atoms with van der Waals surface area (Å²) in [6.07, 6.45) is -5.10. The summed E-state index contributed by atoms with van der Waals surface area (Å²) in [5.74, 6) is -1.05. The van der Waals surface area contributed by atoms with Crippen molar-refractivity contribution in [3.05, 3.63) is 23.3 Å². The van der Waals surface area contributed by atoms with Crippen molar-refractivity contribution in [3.63, 3.8) is 0 Å². The Hall–Kier alpha value is -2.16. The van der Waals surface area contributed by atoms with E-state index in [1.165, 1.54) is 0 Å². The molecule has 0 aliphatic rings. The molecule has 1 atom stereocenters. The standard InChI is InChI=1S/C14H16ClF3N6/c1-7(2)19-12-22-11(9-5-4-6-10(15)21-9)23-13(24-12)20-8(3)14(16,17)18/h4-8H,1-3H3,(H2,19,20,22,23,24)/t8-/m1/s1/i3D3,4D,6D. The maximum atomic E-state index is 13.2. The summed E-state index contributed by atoms with van der Waals surface area (Å²) in [6, 6.07) is -2.67. The molecule has 0 unspecified atom stereocenters. The van der Waals surface area contributed by atoms with Gasteiger partial charge in [-0.1, -0.05) is 17.6 Å². The van der Waals surface area contributed by atoms with Crippen molar-refractivity contribution in [2.45, 2.75) is 39.0 Å². The Morgan fingerprint density at radius 2 is 1.83 bits per heavy atom. The molecule has 2 aromatic heterocycles. The molecule has 0 amide bonds. The van der Waals surface area contributed by atoms with Crippen LogP contribution in [0.5, 0.6) is 0 Å². The number of halogens is 4. The zero-order valence-electron chi connectivity index (χ0n) is 17.5. The average molecular weight is 366 g/mol. The number of hydrogen-bond donors (Lipinski definition) is 2. The number of rotatable bonds is 5. The van der Waals surface area contributed by atoms with Crippen LogP contribution in [0.1, 0.15) is 27.6 Å². The van der Waals surface area contributed by atoms with Gasteiger partial charge in [-0.2, -0.15) is 28.1 Å². The fraction of sp³-hybridized carbons (Fsp3) is 0.429. The molecule has 2 heterocycles. The first-order valence-corrected chi connectivity index (χ1v) is 7.06. The fourth-order valence-corrected chi connectivity index (χ4v) is 1.68. The second kappa shape index (κ2) is 7.16. The second-order valence-corrected chi connectivity index (χ2v) is 5.28. The van der Waals surface area contributed by atoms with Gasteiger partial charge in [0.15, 0.2) is 5.82 Å². The highest BCUT2D eigenvalue weighted by Gasteiger charge is 2.36. The minimum absolute atomic E-state index is 0.0919. The van der Waals surface area contributed by atoms with Gasteiger partial charge < -0.3 is 10.6 Å². The van der Waals surface area contributed by atoms with E-state index in [2.05, 4.69) is 25.3 Å². The van der Waals surface area contributed by atoms with Crippen LogP contribution in [0.2, 0.25) is 5.15 Å². The summed E-state index contributed by atoms with van der Waals surface area (Å²) in [5.41, 5.74) is -0.0919. The van der Waals surface area contributed by atoms with Crippen LogP contribution in [0.25, 0.3) is 11.5 Å². The van der Waals surface area contributed by atoms with Crippen LogP contribution in [0, 0.1) is 0 Å². The fourth-order valence-electron chi connectivity index (χ4n) is 1.53. The topological polar surface area (TPSA) is 75.6 Å². The molecule has 0 saturated heterocycles. The molecule has 0 radical (unpaired) electrons. The van der Waals surface area contributed by atoms with Gasteiger partial charge >= 0.3 is 6.18 Å². The number of nitrogens with zero attached hydrogens (tertiary/aromatic N) is 4. The molecule has 0 aliphatic heterocycles. The zero-order chi connectivity index (χ0) is 22.1. The van der Waals surface area contributed by atoms with E-state index in [4.69, 9.17) is 18.5 Å². The second-order valence-electron chi connectivity index (χ2n) is 4.93. The van der Waals surface area contributed by atoms with Gasteiger partial charge in [0, 0.05) is 10.2 Å². The molecule has 2 rings (SSSR count). The van der Waals surface area contributed by atoms with E-state index < -0.39 is 25.0 Å². The lowest BCUT2D eigenvalue weighted by Gasteiger charge is -2.18. The van der Waals surface area contributed by atoms with Crippen LogP contribution in [-0.2, 0) is 0 Å². The lowest BCUT2D eigenvalue weighted by Crippen LogP contribution is -2.34. The SMILES string of the molecule is [2H]c1cc(-c2nc(NC(C)C)nc(N[C@H](C([2H])([2H])[2H])C(F)(F)F)n2)nc(Cl)c1[2H]. The predicted molar refractivity (Wildman–Crippen MR) is 86.0 cm³/mol. The Balaban J connectivity index is 2.57. The first kappa shape index (κ1) is 12.2. The molecular weight excluding hydrogens is 345 g/mol. The van der Waals surface area contributed by atoms with Crippen molar-refractivity contribution in [1.82, 2.24) is 19.9 Å². The minimum Gasteiger partial charge on any atom is -0.352 e. The molecule has 2 aromatic rings. The highest BCUT2D eigenvalue weighted by atomic mass is 35.5. The van der Waals surface area contributed by atoms with Crippen LogP contribution < -0.4 is 10.6 Å². The first-order chi connectivity index (χ1) is 13.2. The van der Waals surface area contributed by atoms with Gasteiger partial charge in [0.2, 0.25) is 11.9 Å². The molecule has 0 spiro atoms. The van der Waals surface area contributed by atoms with E-state index in [9.17, 15) is 13.2 Å². The zero-order valence-corrected chi connectivity index (χ0v) is 13.3. The van der Waals surface area contributed by atoms with Crippen molar-refractivity contribution >= 4 is 23.5 Å². The predicted octanol–water partition coefficient (Wildman–Crippen LogP) is 3.77. The molecule has 130 valence electrons. The maximum Gasteiger partial charge on any atom is 0.408 e. The molecule has 0 bridgehead atoms. The molecule has 0 aromatic carbocycles. The van der Waals surface area contributed by atoms with Crippen molar-refractivity contribution in [2.24, 2.45) is 0 Å². The normalized spacial score (nSPS) is 16.5.